The van der Waals surface area contributed by atoms with E-state index < -0.39 is 48.5 Å². The maximum absolute atomic E-state index is 13.7. The van der Waals surface area contributed by atoms with Gasteiger partial charge < -0.3 is 45.6 Å². The zero-order chi connectivity index (χ0) is 62.7. The minimum atomic E-state index is -1.38. The van der Waals surface area contributed by atoms with Gasteiger partial charge in [0.1, 0.15) is 30.1 Å². The summed E-state index contributed by atoms with van der Waals surface area (Å²) < 4.78 is 18.6. The van der Waals surface area contributed by atoms with Gasteiger partial charge in [0.25, 0.3) is 0 Å². The summed E-state index contributed by atoms with van der Waals surface area (Å²) in [5.41, 5.74) is 10.9. The van der Waals surface area contributed by atoms with Gasteiger partial charge in [-0.1, -0.05) is 224 Å². The molecule has 0 radical (unpaired) electrons. The number of carbonyl (C=O) groups excluding carboxylic acids is 6. The first-order chi connectivity index (χ1) is 42.4. The maximum atomic E-state index is 13.7. The first-order valence-electron chi connectivity index (χ1n) is 33.5. The maximum Gasteiger partial charge on any atom is 0.330 e. The fourth-order valence-corrected chi connectivity index (χ4v) is 11.8. The van der Waals surface area contributed by atoms with Crippen molar-refractivity contribution in [1.82, 2.24) is 30.5 Å². The molecule has 0 unspecified atom stereocenters. The number of aromatic nitrogens is 3. The molecule has 0 aliphatic carbocycles. The van der Waals surface area contributed by atoms with E-state index in [1.165, 1.54) is 127 Å². The number of carbonyl (C=O) groups is 6. The van der Waals surface area contributed by atoms with E-state index in [-0.39, 0.29) is 68.6 Å². The zero-order valence-corrected chi connectivity index (χ0v) is 54.4. The van der Waals surface area contributed by atoms with Crippen molar-refractivity contribution in [2.45, 2.75) is 270 Å². The molecule has 3 atom stereocenters. The molecule has 486 valence electrons. The largest absolute Gasteiger partial charge is 0.467 e. The van der Waals surface area contributed by atoms with Crippen LogP contribution in [0.3, 0.4) is 0 Å². The molecule has 0 aliphatic heterocycles. The number of anilines is 1. The number of amides is 3. The lowest BCUT2D eigenvalue weighted by Gasteiger charge is -2.22. The van der Waals surface area contributed by atoms with Crippen LogP contribution in [0.25, 0.3) is 21.9 Å². The minimum absolute atomic E-state index is 0.0159. The van der Waals surface area contributed by atoms with Crippen LogP contribution < -0.4 is 21.7 Å². The lowest BCUT2D eigenvalue weighted by Crippen LogP contribution is -2.54. The Hall–Kier alpha value is -5.75. The molecule has 2 aromatic heterocycles. The Bertz CT molecular complexity index is 2600. The first kappa shape index (κ1) is 73.7. The number of para-hydroxylation sites is 1. The number of fused-ring (bicyclic) bond motifs is 3. The van der Waals surface area contributed by atoms with Gasteiger partial charge >= 0.3 is 17.9 Å². The van der Waals surface area contributed by atoms with E-state index in [4.69, 9.17) is 24.9 Å². The summed E-state index contributed by atoms with van der Waals surface area (Å²) >= 11 is 1.21. The van der Waals surface area contributed by atoms with Gasteiger partial charge in [-0.25, -0.2) is 14.8 Å². The van der Waals surface area contributed by atoms with E-state index >= 15 is 0 Å². The number of nitrogen functional groups attached to an aromatic ring is 1. The van der Waals surface area contributed by atoms with Gasteiger partial charge in [-0.15, -0.1) is 0 Å². The molecule has 6 N–H and O–H groups in total. The Labute approximate surface area is 524 Å². The summed E-state index contributed by atoms with van der Waals surface area (Å²) in [6.07, 6.45) is 33.6. The van der Waals surface area contributed by atoms with Crippen molar-refractivity contribution >= 4 is 75.1 Å². The van der Waals surface area contributed by atoms with Gasteiger partial charge in [0.2, 0.25) is 17.7 Å². The van der Waals surface area contributed by atoms with Gasteiger partial charge in [0.05, 0.1) is 24.8 Å². The van der Waals surface area contributed by atoms with E-state index in [2.05, 4.69) is 46.3 Å². The molecule has 3 amide bonds. The summed E-state index contributed by atoms with van der Waals surface area (Å²) in [5, 5.41) is 19.0. The van der Waals surface area contributed by atoms with Crippen molar-refractivity contribution in [1.29, 1.82) is 0 Å². The topological polar surface area (TPSA) is 243 Å². The first-order valence-corrected chi connectivity index (χ1v) is 34.7. The number of imidazole rings is 1. The Balaban J connectivity index is 1.27. The number of hydrogen-bond donors (Lipinski definition) is 5. The molecule has 4 rings (SSSR count). The van der Waals surface area contributed by atoms with Gasteiger partial charge in [0, 0.05) is 62.1 Å². The number of thioether (sulfide) groups is 1. The van der Waals surface area contributed by atoms with Crippen molar-refractivity contribution in [3.05, 3.63) is 65.5 Å². The lowest BCUT2D eigenvalue weighted by molar-refractivity contribution is -0.157. The smallest absolute Gasteiger partial charge is 0.330 e. The van der Waals surface area contributed by atoms with E-state index in [0.717, 1.165) is 98.3 Å². The summed E-state index contributed by atoms with van der Waals surface area (Å²) in [5.74, 6) is -1.62. The van der Waals surface area contributed by atoms with Gasteiger partial charge in [0.15, 0.2) is 11.9 Å². The fraction of sp³-hybridized carbons (Fsp3) is 0.681. The number of aliphatic hydroxyl groups excluding tert-OH is 1. The van der Waals surface area contributed by atoms with E-state index in [9.17, 15) is 33.9 Å². The number of aliphatic hydroxyl groups is 1. The van der Waals surface area contributed by atoms with Crippen molar-refractivity contribution in [3.8, 4) is 0 Å². The van der Waals surface area contributed by atoms with E-state index in [1.54, 1.807) is 0 Å². The highest BCUT2D eigenvalue weighted by Crippen LogP contribution is 2.30. The summed E-state index contributed by atoms with van der Waals surface area (Å²) in [7, 11) is 1.14. The molecule has 0 bridgehead atoms. The van der Waals surface area contributed by atoms with E-state index in [1.807, 2.05) is 48.5 Å². The molecule has 0 spiro atoms. The van der Waals surface area contributed by atoms with Crippen LogP contribution in [0.2, 0.25) is 0 Å². The summed E-state index contributed by atoms with van der Waals surface area (Å²) in [6, 6.07) is 13.4. The van der Waals surface area contributed by atoms with Crippen molar-refractivity contribution in [2.75, 3.05) is 37.6 Å². The monoisotopic (exact) mass is 1230 g/mol. The third-order valence-electron chi connectivity index (χ3n) is 16.0. The molecule has 2 aromatic carbocycles. The normalized spacial score (nSPS) is 12.4. The van der Waals surface area contributed by atoms with Gasteiger partial charge in [-0.2, -0.15) is 11.8 Å². The van der Waals surface area contributed by atoms with Crippen LogP contribution in [0.1, 0.15) is 250 Å². The number of unbranched alkanes of at least 4 members (excludes halogenated alkanes) is 25. The molecule has 0 saturated heterocycles. The lowest BCUT2D eigenvalue weighted by atomic mass is 10.0. The SMILES string of the molecule is CCCCCCCCCCCCCCCC(=O)OC[C@H](CSC[C@H](NC(=O)CCCC(=O)NCc1ccc(Cn2c(CCCC)nc3c(N)nc4ccccc4c32)cc1)C(=O)N[C@@H](CO)C(=O)OC)OC(=O)CCCCCCCCCCCCCCC. The molecular weight excluding hydrogens is 1120 g/mol. The Morgan fingerprint density at radius 3 is 1.68 bits per heavy atom. The number of nitrogens with one attached hydrogen (secondary N) is 3. The predicted octanol–water partition coefficient (Wildman–Crippen LogP) is 13.6. The molecular formula is C69H109N7O10S. The quantitative estimate of drug-likeness (QED) is 0.0157. The third kappa shape index (κ3) is 30.3. The molecule has 87 heavy (non-hydrogen) atoms. The fourth-order valence-electron chi connectivity index (χ4n) is 10.8. The van der Waals surface area contributed by atoms with Crippen LogP contribution >= 0.6 is 11.8 Å². The summed E-state index contributed by atoms with van der Waals surface area (Å²) in [4.78, 5) is 88.3. The van der Waals surface area contributed by atoms with Gasteiger partial charge in [-0.05, 0) is 42.9 Å². The average Bonchev–Trinajstić information content (AvgIpc) is 1.68. The van der Waals surface area contributed by atoms with Crippen molar-refractivity contribution in [2.24, 2.45) is 0 Å². The second-order valence-electron chi connectivity index (χ2n) is 23.6. The molecule has 0 aliphatic rings. The standard InChI is InChI=1S/C69H109N7O10S/c1-5-8-11-13-15-17-19-21-23-25-27-29-31-41-63(80)85-50-55(86-64(81)42-32-30-28-26-24-22-20-18-16-14-12-9-6-2)51-87-52-59(68(82)74-58(49-77)69(83)84-4)72-62(79)40-35-39-61(78)71-47-53-43-45-54(46-44-53)48-76-60(38-10-7-3)75-65-66(76)56-36-33-34-37-57(56)73-67(65)70/h33-34,36-37,43-46,55,58-59,77H,5-32,35,38-42,47-52H2,1-4H3,(H2,70,73)(H,71,78)(H,72,79)(H,74,82)/t55-,58+,59+/m1/s1. The molecule has 18 heteroatoms. The number of aryl methyl sites for hydroxylation is 1. The highest BCUT2D eigenvalue weighted by molar-refractivity contribution is 7.99. The zero-order valence-electron chi connectivity index (χ0n) is 53.6. The number of pyridine rings is 1. The average molecular weight is 1230 g/mol. The van der Waals surface area contributed by atoms with Crippen molar-refractivity contribution in [3.63, 3.8) is 0 Å². The third-order valence-corrected chi connectivity index (χ3v) is 17.2. The van der Waals surface area contributed by atoms with Crippen LogP contribution in [-0.2, 0) is 62.5 Å². The number of rotatable bonds is 51. The number of benzene rings is 2. The summed E-state index contributed by atoms with van der Waals surface area (Å²) in [6.45, 7) is 6.62. The Morgan fingerprint density at radius 1 is 0.586 bits per heavy atom. The second kappa shape index (κ2) is 45.5. The predicted molar refractivity (Wildman–Crippen MR) is 351 cm³/mol. The van der Waals surface area contributed by atoms with Crippen LogP contribution in [0.4, 0.5) is 5.82 Å². The number of hydrogen-bond acceptors (Lipinski definition) is 14. The minimum Gasteiger partial charge on any atom is -0.467 e. The van der Waals surface area contributed by atoms with Crippen LogP contribution in [0, 0.1) is 0 Å². The number of nitrogens with zero attached hydrogens (tertiary/aromatic N) is 3. The molecule has 0 fully saturated rings. The Morgan fingerprint density at radius 2 is 1.11 bits per heavy atom. The molecule has 4 aromatic rings. The van der Waals surface area contributed by atoms with Crippen LogP contribution in [0.15, 0.2) is 48.5 Å². The van der Waals surface area contributed by atoms with Crippen molar-refractivity contribution < 1.29 is 48.1 Å². The van der Waals surface area contributed by atoms with E-state index in [0.29, 0.717) is 30.7 Å². The van der Waals surface area contributed by atoms with Crippen LogP contribution in [-0.4, -0.2) is 105 Å². The van der Waals surface area contributed by atoms with Gasteiger partial charge in [-0.3, -0.25) is 24.0 Å². The van der Waals surface area contributed by atoms with Crippen LogP contribution in [0.5, 0.6) is 0 Å². The second-order valence-corrected chi connectivity index (χ2v) is 24.7. The highest BCUT2D eigenvalue weighted by Gasteiger charge is 2.28. The number of nitrogens with two attached hydrogens (primary N) is 1. The number of methoxy groups -OCH3 is 1. The molecule has 0 saturated carbocycles. The highest BCUT2D eigenvalue weighted by atomic mass is 32.2. The molecule has 2 heterocycles. The molecule has 17 nitrogen and oxygen atoms in total. The number of ether oxygens (including phenoxy) is 3. The Kier molecular flexibility index (Phi) is 38.6. The number of esters is 3.